The van der Waals surface area contributed by atoms with Gasteiger partial charge in [-0.25, -0.2) is 5.43 Å². The van der Waals surface area contributed by atoms with Crippen LogP contribution in [0.25, 0.3) is 0 Å². The minimum atomic E-state index is -0.333. The van der Waals surface area contributed by atoms with Crippen LogP contribution in [0.5, 0.6) is 17.2 Å². The summed E-state index contributed by atoms with van der Waals surface area (Å²) in [5.41, 5.74) is 5.32. The fraction of sp³-hybridized carbons (Fsp3) is 0.391. The van der Waals surface area contributed by atoms with E-state index in [1.54, 1.807) is 25.5 Å². The fourth-order valence-electron chi connectivity index (χ4n) is 2.76. The Labute approximate surface area is 172 Å². The van der Waals surface area contributed by atoms with Crippen LogP contribution in [0, 0.1) is 6.92 Å². The van der Waals surface area contributed by atoms with Crippen LogP contribution in [-0.2, 0) is 10.2 Å². The lowest BCUT2D eigenvalue weighted by atomic mass is 9.86. The molecule has 0 aliphatic carbocycles. The zero-order valence-corrected chi connectivity index (χ0v) is 18.0. The zero-order chi connectivity index (χ0) is 21.4. The fourth-order valence-corrected chi connectivity index (χ4v) is 2.76. The highest BCUT2D eigenvalue weighted by molar-refractivity contribution is 5.83. The molecular formula is C23H30N2O4. The molecule has 0 saturated carbocycles. The van der Waals surface area contributed by atoms with E-state index in [4.69, 9.17) is 14.2 Å². The average Bonchev–Trinajstić information content (AvgIpc) is 2.66. The van der Waals surface area contributed by atoms with E-state index in [0.717, 1.165) is 16.7 Å². The van der Waals surface area contributed by atoms with Crippen LogP contribution in [0.15, 0.2) is 41.5 Å². The normalized spacial score (nSPS) is 11.4. The molecule has 1 amide bonds. The van der Waals surface area contributed by atoms with Gasteiger partial charge < -0.3 is 14.2 Å². The van der Waals surface area contributed by atoms with Crippen molar-refractivity contribution in [1.29, 1.82) is 0 Å². The molecule has 0 radical (unpaired) electrons. The number of rotatable bonds is 8. The second kappa shape index (κ2) is 9.96. The predicted molar refractivity (Wildman–Crippen MR) is 115 cm³/mol. The molecule has 29 heavy (non-hydrogen) atoms. The minimum Gasteiger partial charge on any atom is -0.493 e. The van der Waals surface area contributed by atoms with Crippen molar-refractivity contribution < 1.29 is 19.0 Å². The number of amides is 1. The second-order valence-electron chi connectivity index (χ2n) is 7.67. The molecule has 0 heterocycles. The van der Waals surface area contributed by atoms with Crippen molar-refractivity contribution in [2.45, 2.75) is 40.0 Å². The molecule has 0 fully saturated rings. The van der Waals surface area contributed by atoms with Gasteiger partial charge in [-0.3, -0.25) is 4.79 Å². The summed E-state index contributed by atoms with van der Waals surface area (Å²) in [5.74, 6) is 1.66. The minimum absolute atomic E-state index is 0.0790. The lowest BCUT2D eigenvalue weighted by molar-refractivity contribution is -0.123. The van der Waals surface area contributed by atoms with Gasteiger partial charge in [0.15, 0.2) is 18.1 Å². The van der Waals surface area contributed by atoms with E-state index >= 15 is 0 Å². The Balaban J connectivity index is 1.96. The predicted octanol–water partition coefficient (Wildman–Crippen LogP) is 4.23. The first-order valence-electron chi connectivity index (χ1n) is 9.61. The highest BCUT2D eigenvalue weighted by atomic mass is 16.5. The molecule has 2 aromatic carbocycles. The van der Waals surface area contributed by atoms with Crippen LogP contribution >= 0.6 is 0 Å². The molecule has 0 atom stereocenters. The van der Waals surface area contributed by atoms with Crippen molar-refractivity contribution in [3.63, 3.8) is 0 Å². The van der Waals surface area contributed by atoms with Crippen molar-refractivity contribution >= 4 is 12.1 Å². The number of nitrogens with one attached hydrogen (secondary N) is 1. The van der Waals surface area contributed by atoms with Crippen molar-refractivity contribution in [3.8, 4) is 17.2 Å². The molecule has 1 N–H and O–H groups in total. The van der Waals surface area contributed by atoms with Gasteiger partial charge in [0.05, 0.1) is 19.9 Å². The second-order valence-corrected chi connectivity index (χ2v) is 7.67. The maximum absolute atomic E-state index is 12.1. The standard InChI is InChI=1S/C23H30N2O4/c1-7-28-19-11-9-17(13-21(19)27-6)14-24-25-22(26)15-29-20-12-16(2)8-10-18(20)23(3,4)5/h8-14H,7,15H2,1-6H3,(H,25,26). The van der Waals surface area contributed by atoms with Crippen molar-refractivity contribution in [2.75, 3.05) is 20.3 Å². The molecule has 0 aliphatic rings. The highest BCUT2D eigenvalue weighted by Crippen LogP contribution is 2.32. The largest absolute Gasteiger partial charge is 0.493 e. The van der Waals surface area contributed by atoms with E-state index in [9.17, 15) is 4.79 Å². The molecule has 2 rings (SSSR count). The lowest BCUT2D eigenvalue weighted by Crippen LogP contribution is -2.25. The lowest BCUT2D eigenvalue weighted by Gasteiger charge is -2.23. The van der Waals surface area contributed by atoms with E-state index in [0.29, 0.717) is 23.9 Å². The molecule has 6 nitrogen and oxygen atoms in total. The first-order chi connectivity index (χ1) is 13.7. The molecule has 0 saturated heterocycles. The zero-order valence-electron chi connectivity index (χ0n) is 18.0. The van der Waals surface area contributed by atoms with Gasteiger partial charge in [0.2, 0.25) is 0 Å². The molecule has 156 valence electrons. The number of ether oxygens (including phenoxy) is 3. The third-order valence-corrected chi connectivity index (χ3v) is 4.19. The topological polar surface area (TPSA) is 69.2 Å². The molecular weight excluding hydrogens is 368 g/mol. The van der Waals surface area contributed by atoms with Crippen LogP contribution < -0.4 is 19.6 Å². The smallest absolute Gasteiger partial charge is 0.277 e. The molecule has 0 bridgehead atoms. The number of hydrogen-bond acceptors (Lipinski definition) is 5. The number of benzene rings is 2. The summed E-state index contributed by atoms with van der Waals surface area (Å²) in [6.45, 7) is 10.7. The number of aryl methyl sites for hydroxylation is 1. The maximum atomic E-state index is 12.1. The van der Waals surface area contributed by atoms with Gasteiger partial charge in [-0.1, -0.05) is 32.9 Å². The van der Waals surface area contributed by atoms with Gasteiger partial charge in [-0.05, 0) is 60.2 Å². The Hall–Kier alpha value is -3.02. The van der Waals surface area contributed by atoms with Crippen LogP contribution in [0.4, 0.5) is 0 Å². The third kappa shape index (κ3) is 6.52. The summed E-state index contributed by atoms with van der Waals surface area (Å²) in [4.78, 5) is 12.1. The number of carbonyl (C=O) groups excluding carboxylic acids is 1. The van der Waals surface area contributed by atoms with E-state index in [1.807, 2.05) is 38.1 Å². The molecule has 0 aromatic heterocycles. The van der Waals surface area contributed by atoms with Gasteiger partial charge in [0.1, 0.15) is 5.75 Å². The van der Waals surface area contributed by atoms with E-state index in [1.165, 1.54) is 0 Å². The summed E-state index contributed by atoms with van der Waals surface area (Å²) < 4.78 is 16.6. The molecule has 6 heteroatoms. The van der Waals surface area contributed by atoms with Crippen LogP contribution in [-0.4, -0.2) is 32.4 Å². The van der Waals surface area contributed by atoms with Crippen molar-refractivity contribution in [1.82, 2.24) is 5.43 Å². The molecule has 0 unspecified atom stereocenters. The van der Waals surface area contributed by atoms with Gasteiger partial charge in [-0.2, -0.15) is 5.10 Å². The van der Waals surface area contributed by atoms with Gasteiger partial charge in [0, 0.05) is 0 Å². The maximum Gasteiger partial charge on any atom is 0.277 e. The first-order valence-corrected chi connectivity index (χ1v) is 9.61. The Kier molecular flexibility index (Phi) is 7.65. The van der Waals surface area contributed by atoms with Gasteiger partial charge in [-0.15, -0.1) is 0 Å². The number of methoxy groups -OCH3 is 1. The Morgan fingerprint density at radius 3 is 2.48 bits per heavy atom. The summed E-state index contributed by atoms with van der Waals surface area (Å²) in [6.07, 6.45) is 1.55. The van der Waals surface area contributed by atoms with Crippen LogP contribution in [0.1, 0.15) is 44.4 Å². The molecule has 0 aliphatic heterocycles. The summed E-state index contributed by atoms with van der Waals surface area (Å²) in [6, 6.07) is 11.5. The summed E-state index contributed by atoms with van der Waals surface area (Å²) in [5, 5.41) is 3.99. The Morgan fingerprint density at radius 2 is 1.83 bits per heavy atom. The van der Waals surface area contributed by atoms with E-state index < -0.39 is 0 Å². The monoisotopic (exact) mass is 398 g/mol. The number of hydrazone groups is 1. The van der Waals surface area contributed by atoms with E-state index in [-0.39, 0.29) is 17.9 Å². The number of nitrogens with zero attached hydrogens (tertiary/aromatic N) is 1. The van der Waals surface area contributed by atoms with Crippen LogP contribution in [0.2, 0.25) is 0 Å². The third-order valence-electron chi connectivity index (χ3n) is 4.19. The average molecular weight is 399 g/mol. The first kappa shape index (κ1) is 22.3. The van der Waals surface area contributed by atoms with Gasteiger partial charge in [0.25, 0.3) is 5.91 Å². The van der Waals surface area contributed by atoms with E-state index in [2.05, 4.69) is 31.3 Å². The highest BCUT2D eigenvalue weighted by Gasteiger charge is 2.19. The Morgan fingerprint density at radius 1 is 1.07 bits per heavy atom. The summed E-state index contributed by atoms with van der Waals surface area (Å²) >= 11 is 0. The quantitative estimate of drug-likeness (QED) is 0.534. The molecule has 0 spiro atoms. The summed E-state index contributed by atoms with van der Waals surface area (Å²) in [7, 11) is 1.58. The number of carbonyl (C=O) groups is 1. The van der Waals surface area contributed by atoms with Crippen molar-refractivity contribution in [2.24, 2.45) is 5.10 Å². The van der Waals surface area contributed by atoms with Crippen LogP contribution in [0.3, 0.4) is 0 Å². The Bertz CT molecular complexity index is 870. The van der Waals surface area contributed by atoms with Gasteiger partial charge >= 0.3 is 0 Å². The number of hydrogen-bond donors (Lipinski definition) is 1. The SMILES string of the molecule is CCOc1ccc(C=NNC(=O)COc2cc(C)ccc2C(C)(C)C)cc1OC. The molecule has 2 aromatic rings. The van der Waals surface area contributed by atoms with Crippen molar-refractivity contribution in [3.05, 3.63) is 53.1 Å².